The maximum absolute atomic E-state index is 9.45. The first-order chi connectivity index (χ1) is 13.4. The summed E-state index contributed by atoms with van der Waals surface area (Å²) in [6.45, 7) is 4.16. The Morgan fingerprint density at radius 1 is 0.933 bits per heavy atom. The van der Waals surface area contributed by atoms with E-state index >= 15 is 0 Å². The second-order valence-corrected chi connectivity index (χ2v) is 43.9. The molecule has 2 saturated carbocycles. The molecule has 2 aliphatic carbocycles. The molecule has 0 aliphatic heterocycles. The number of hydrogen-bond donors (Lipinski definition) is 1. The van der Waals surface area contributed by atoms with E-state index in [0.717, 1.165) is 29.1 Å². The molecule has 1 atom stereocenters. The Morgan fingerprint density at radius 3 is 1.77 bits per heavy atom. The second-order valence-electron chi connectivity index (χ2n) is 8.50. The average molecular weight is 794 g/mol. The van der Waals surface area contributed by atoms with Crippen LogP contribution in [0.1, 0.15) is 104 Å². The molecular formula is C23H42I3N2OV. The van der Waals surface area contributed by atoms with Crippen molar-refractivity contribution in [3.63, 3.8) is 0 Å². The standard InChI is InChI=1S/C21H34N2O.2CH4.3HI.V/c1-3-16-4-6-18(7-5-16)19-8-10-20(11-9-19)21-22-13-17(14-23-21)12-15(2)24;;;;;;/h13-16,18-20,24H,3-12H2,1-2H3;2*1H4;3*1H;/q;;;;;;+3/p-3. The molecule has 2 aliphatic rings. The van der Waals surface area contributed by atoms with E-state index in [1.54, 1.807) is 0 Å². The summed E-state index contributed by atoms with van der Waals surface area (Å²) >= 11 is 7.39. The molecule has 0 spiro atoms. The van der Waals surface area contributed by atoms with E-state index in [4.69, 9.17) is 0 Å². The molecular weight excluding hydrogens is 752 g/mol. The van der Waals surface area contributed by atoms with Gasteiger partial charge in [-0.2, -0.15) is 0 Å². The van der Waals surface area contributed by atoms with Gasteiger partial charge in [0.25, 0.3) is 0 Å². The summed E-state index contributed by atoms with van der Waals surface area (Å²) in [5, 5.41) is 9.45. The SMILES string of the molecule is C.C.CCC1CCC(C2CCC(c3ncc(CC(C)O)cn3)CC2)CC1.[I][V]([I])[I]. The maximum atomic E-state index is 9.45. The Morgan fingerprint density at radius 2 is 1.37 bits per heavy atom. The van der Waals surface area contributed by atoms with Gasteiger partial charge in [-0.3, -0.25) is 0 Å². The molecule has 1 aromatic rings. The number of aromatic nitrogens is 2. The van der Waals surface area contributed by atoms with E-state index in [2.05, 4.69) is 76.8 Å². The van der Waals surface area contributed by atoms with Gasteiger partial charge in [-0.15, -0.1) is 0 Å². The van der Waals surface area contributed by atoms with Gasteiger partial charge in [-0.1, -0.05) is 41.0 Å². The number of aliphatic hydroxyl groups is 1. The zero-order chi connectivity index (χ0) is 20.5. The van der Waals surface area contributed by atoms with Crippen molar-refractivity contribution < 1.29 is 10.0 Å². The zero-order valence-electron chi connectivity index (χ0n) is 17.0. The molecule has 3 rings (SSSR count). The molecule has 1 unspecified atom stereocenters. The normalized spacial score (nSPS) is 27.2. The Balaban J connectivity index is 0.00000129. The topological polar surface area (TPSA) is 46.0 Å². The molecule has 176 valence electrons. The van der Waals surface area contributed by atoms with Crippen molar-refractivity contribution in [2.75, 3.05) is 0 Å². The second kappa shape index (κ2) is 17.3. The summed E-state index contributed by atoms with van der Waals surface area (Å²) in [4.78, 5) is 8.91. The van der Waals surface area contributed by atoms with E-state index < -0.39 is 0 Å². The molecule has 2 fully saturated rings. The van der Waals surface area contributed by atoms with E-state index in [0.29, 0.717) is 12.3 Å². The third kappa shape index (κ3) is 11.8. The minimum absolute atomic E-state index is 0. The van der Waals surface area contributed by atoms with Gasteiger partial charge in [0, 0.05) is 24.7 Å². The summed E-state index contributed by atoms with van der Waals surface area (Å²) < 4.78 is 0. The van der Waals surface area contributed by atoms with Crippen LogP contribution >= 0.6 is 59.9 Å². The first-order valence-corrected chi connectivity index (χ1v) is 24.2. The van der Waals surface area contributed by atoms with Crippen LogP contribution in [0.25, 0.3) is 0 Å². The van der Waals surface area contributed by atoms with Crippen molar-refractivity contribution in [3.05, 3.63) is 23.8 Å². The van der Waals surface area contributed by atoms with Crippen LogP contribution in [0.4, 0.5) is 0 Å². The fourth-order valence-corrected chi connectivity index (χ4v) is 4.94. The first kappa shape index (κ1) is 31.8. The van der Waals surface area contributed by atoms with Gasteiger partial charge in [0.1, 0.15) is 5.82 Å². The number of nitrogens with zero attached hydrogens (tertiary/aromatic N) is 2. The third-order valence-corrected chi connectivity index (χ3v) is 6.53. The van der Waals surface area contributed by atoms with E-state index in [1.807, 2.05) is 19.3 Å². The van der Waals surface area contributed by atoms with Crippen molar-refractivity contribution in [1.82, 2.24) is 9.97 Å². The fraction of sp³-hybridized carbons (Fsp3) is 0.826. The quantitative estimate of drug-likeness (QED) is 0.304. The Labute approximate surface area is 223 Å². The minimum atomic E-state index is -0.322. The van der Waals surface area contributed by atoms with Crippen LogP contribution in [-0.4, -0.2) is 21.2 Å². The molecule has 0 radical (unpaired) electrons. The van der Waals surface area contributed by atoms with Gasteiger partial charge in [0.2, 0.25) is 0 Å². The van der Waals surface area contributed by atoms with Crippen LogP contribution in [0, 0.1) is 17.8 Å². The van der Waals surface area contributed by atoms with Crippen molar-refractivity contribution in [2.24, 2.45) is 17.8 Å². The molecule has 1 heterocycles. The van der Waals surface area contributed by atoms with Crippen molar-refractivity contribution in [1.29, 1.82) is 0 Å². The van der Waals surface area contributed by atoms with E-state index in [1.165, 1.54) is 57.8 Å². The van der Waals surface area contributed by atoms with Crippen LogP contribution < -0.4 is 0 Å². The number of rotatable bonds is 5. The number of aliphatic hydroxyl groups excluding tert-OH is 1. The first-order valence-electron chi connectivity index (χ1n) is 10.6. The molecule has 0 amide bonds. The van der Waals surface area contributed by atoms with Gasteiger partial charge in [-0.05, 0) is 68.8 Å². The average Bonchev–Trinajstić information content (AvgIpc) is 2.68. The molecule has 3 nitrogen and oxygen atoms in total. The predicted molar refractivity (Wildman–Crippen MR) is 153 cm³/mol. The van der Waals surface area contributed by atoms with Crippen molar-refractivity contribution >= 4 is 59.9 Å². The van der Waals surface area contributed by atoms with Crippen molar-refractivity contribution in [3.8, 4) is 0 Å². The molecule has 0 bridgehead atoms. The summed E-state index contributed by atoms with van der Waals surface area (Å²) in [5.41, 5.74) is 1.04. The molecule has 7 heteroatoms. The molecule has 30 heavy (non-hydrogen) atoms. The monoisotopic (exact) mass is 794 g/mol. The van der Waals surface area contributed by atoms with Crippen LogP contribution in [0.2, 0.25) is 0 Å². The molecule has 0 aromatic carbocycles. The summed E-state index contributed by atoms with van der Waals surface area (Å²) in [5.74, 6) is 4.52. The third-order valence-electron chi connectivity index (χ3n) is 6.53. The number of hydrogen-bond acceptors (Lipinski definition) is 3. The van der Waals surface area contributed by atoms with Crippen LogP contribution in [0.3, 0.4) is 0 Å². The molecule has 1 N–H and O–H groups in total. The Bertz CT molecular complexity index is 541. The molecule has 1 aromatic heterocycles. The Kier molecular flexibility index (Phi) is 18.3. The van der Waals surface area contributed by atoms with Gasteiger partial charge >= 0.3 is 64.9 Å². The van der Waals surface area contributed by atoms with Gasteiger partial charge < -0.3 is 5.11 Å². The van der Waals surface area contributed by atoms with E-state index in [-0.39, 0.29) is 25.9 Å². The number of halogens is 3. The van der Waals surface area contributed by atoms with Crippen LogP contribution in [-0.2, 0) is 11.3 Å². The van der Waals surface area contributed by atoms with Gasteiger partial charge in [0.15, 0.2) is 0 Å². The van der Waals surface area contributed by atoms with Crippen LogP contribution in [0.5, 0.6) is 0 Å². The van der Waals surface area contributed by atoms with Gasteiger partial charge in [0.05, 0.1) is 6.10 Å². The molecule has 0 saturated heterocycles. The predicted octanol–water partition coefficient (Wildman–Crippen LogP) is 8.82. The van der Waals surface area contributed by atoms with Crippen LogP contribution in [0.15, 0.2) is 12.4 Å². The fourth-order valence-electron chi connectivity index (χ4n) is 4.94. The zero-order valence-corrected chi connectivity index (χ0v) is 24.9. The van der Waals surface area contributed by atoms with Crippen molar-refractivity contribution in [2.45, 2.75) is 105 Å². The van der Waals surface area contributed by atoms with E-state index in [9.17, 15) is 5.11 Å². The Hall–Kier alpha value is 1.81. The summed E-state index contributed by atoms with van der Waals surface area (Å²) in [6.07, 6.45) is 16.6. The summed E-state index contributed by atoms with van der Waals surface area (Å²) in [7, 11) is 0. The summed E-state index contributed by atoms with van der Waals surface area (Å²) in [6, 6.07) is 0. The van der Waals surface area contributed by atoms with Gasteiger partial charge in [-0.25, -0.2) is 9.97 Å².